The van der Waals surface area contributed by atoms with Crippen molar-refractivity contribution in [2.24, 2.45) is 0 Å². The summed E-state index contributed by atoms with van der Waals surface area (Å²) in [6.07, 6.45) is 0. The number of methoxy groups -OCH3 is 1. The number of anilines is 1. The van der Waals surface area contributed by atoms with Gasteiger partial charge in [-0.2, -0.15) is 0 Å². The third kappa shape index (κ3) is 3.11. The van der Waals surface area contributed by atoms with Crippen molar-refractivity contribution in [3.05, 3.63) is 27.6 Å². The van der Waals surface area contributed by atoms with E-state index in [0.717, 1.165) is 0 Å². The molecule has 0 saturated heterocycles. The van der Waals surface area contributed by atoms with E-state index in [1.54, 1.807) is 19.2 Å². The van der Waals surface area contributed by atoms with Crippen LogP contribution in [-0.2, 0) is 11.3 Å². The van der Waals surface area contributed by atoms with Crippen molar-refractivity contribution in [1.29, 1.82) is 0 Å². The monoisotopic (exact) mass is 317 g/mol. The number of nitrogens with zero attached hydrogens (tertiary/aromatic N) is 2. The highest BCUT2D eigenvalue weighted by Gasteiger charge is 2.13. The van der Waals surface area contributed by atoms with Crippen molar-refractivity contribution in [2.75, 3.05) is 12.4 Å². The Kier molecular flexibility index (Phi) is 3.87. The summed E-state index contributed by atoms with van der Waals surface area (Å²) in [5, 5.41) is 11.4. The van der Waals surface area contributed by atoms with Gasteiger partial charge < -0.3 is 9.15 Å². The summed E-state index contributed by atoms with van der Waals surface area (Å²) in [4.78, 5) is 11.7. The number of carbonyl (C=O) groups excluding carboxylic acids is 1. The van der Waals surface area contributed by atoms with Gasteiger partial charge in [-0.1, -0.05) is 11.3 Å². The Balaban J connectivity index is 2.02. The minimum Gasteiger partial charge on any atom is -0.444 e. The molecule has 2 aromatic heterocycles. The molecule has 2 aromatic rings. The quantitative estimate of drug-likeness (QED) is 0.936. The van der Waals surface area contributed by atoms with Crippen LogP contribution in [0.2, 0.25) is 0 Å². The van der Waals surface area contributed by atoms with Crippen LogP contribution in [0.25, 0.3) is 0 Å². The summed E-state index contributed by atoms with van der Waals surface area (Å²) >= 11 is 4.38. The van der Waals surface area contributed by atoms with E-state index < -0.39 is 0 Å². The lowest BCUT2D eigenvalue weighted by molar-refractivity contribution is 0.0995. The average Bonchev–Trinajstić information content (AvgIpc) is 2.88. The molecule has 0 spiro atoms. The molecule has 17 heavy (non-hydrogen) atoms. The summed E-state index contributed by atoms with van der Waals surface area (Å²) in [7, 11) is 1.57. The molecule has 0 bridgehead atoms. The van der Waals surface area contributed by atoms with Crippen LogP contribution in [0.3, 0.4) is 0 Å². The van der Waals surface area contributed by atoms with E-state index in [1.165, 1.54) is 11.3 Å². The molecule has 2 rings (SSSR count). The van der Waals surface area contributed by atoms with Crippen LogP contribution >= 0.6 is 27.3 Å². The SMILES string of the molecule is COCc1nnc(NC(=O)c2ccc(Br)o2)s1. The van der Waals surface area contributed by atoms with Gasteiger partial charge in [0.25, 0.3) is 5.91 Å². The molecule has 8 heteroatoms. The van der Waals surface area contributed by atoms with E-state index in [1.807, 2.05) is 0 Å². The zero-order valence-corrected chi connectivity index (χ0v) is 11.2. The van der Waals surface area contributed by atoms with E-state index in [0.29, 0.717) is 21.4 Å². The standard InChI is InChI=1S/C9H8BrN3O3S/c1-15-4-7-12-13-9(17-7)11-8(14)5-2-3-6(10)16-5/h2-3H,4H2,1H3,(H,11,13,14). The van der Waals surface area contributed by atoms with Crippen LogP contribution in [0.15, 0.2) is 21.2 Å². The third-order valence-corrected chi connectivity index (χ3v) is 2.99. The zero-order valence-electron chi connectivity index (χ0n) is 8.77. The first-order valence-corrected chi connectivity index (χ1v) is 6.18. The van der Waals surface area contributed by atoms with Gasteiger partial charge >= 0.3 is 0 Å². The molecule has 0 atom stereocenters. The molecule has 90 valence electrons. The van der Waals surface area contributed by atoms with E-state index >= 15 is 0 Å². The molecule has 0 saturated carbocycles. The Morgan fingerprint density at radius 1 is 1.59 bits per heavy atom. The maximum Gasteiger partial charge on any atom is 0.293 e. The van der Waals surface area contributed by atoms with Crippen LogP contribution in [0, 0.1) is 0 Å². The Morgan fingerprint density at radius 3 is 3.06 bits per heavy atom. The topological polar surface area (TPSA) is 77.3 Å². The Hall–Kier alpha value is -1.25. The first-order valence-electron chi connectivity index (χ1n) is 4.57. The van der Waals surface area contributed by atoms with Crippen LogP contribution in [-0.4, -0.2) is 23.2 Å². The molecular formula is C9H8BrN3O3S. The smallest absolute Gasteiger partial charge is 0.293 e. The molecule has 0 fully saturated rings. The molecule has 0 aliphatic heterocycles. The zero-order chi connectivity index (χ0) is 12.3. The van der Waals surface area contributed by atoms with Crippen LogP contribution in [0.4, 0.5) is 5.13 Å². The van der Waals surface area contributed by atoms with Crippen molar-refractivity contribution in [2.45, 2.75) is 6.61 Å². The number of rotatable bonds is 4. The van der Waals surface area contributed by atoms with E-state index in [9.17, 15) is 4.79 Å². The van der Waals surface area contributed by atoms with Gasteiger partial charge in [0.05, 0.1) is 0 Å². The largest absolute Gasteiger partial charge is 0.444 e. The van der Waals surface area contributed by atoms with Gasteiger partial charge in [0, 0.05) is 7.11 Å². The molecule has 0 unspecified atom stereocenters. The summed E-state index contributed by atoms with van der Waals surface area (Å²) in [6, 6.07) is 3.21. The van der Waals surface area contributed by atoms with E-state index in [2.05, 4.69) is 31.4 Å². The molecule has 0 radical (unpaired) electrons. The van der Waals surface area contributed by atoms with E-state index in [-0.39, 0.29) is 11.7 Å². The fraction of sp³-hybridized carbons (Fsp3) is 0.222. The van der Waals surface area contributed by atoms with Gasteiger partial charge in [0.2, 0.25) is 5.13 Å². The van der Waals surface area contributed by atoms with Crippen molar-refractivity contribution in [3.63, 3.8) is 0 Å². The minimum absolute atomic E-state index is 0.209. The maximum absolute atomic E-state index is 11.7. The molecule has 0 aliphatic rings. The highest BCUT2D eigenvalue weighted by molar-refractivity contribution is 9.10. The Morgan fingerprint density at radius 2 is 2.41 bits per heavy atom. The van der Waals surface area contributed by atoms with Crippen molar-refractivity contribution < 1.29 is 13.9 Å². The number of aromatic nitrogens is 2. The number of furan rings is 1. The lowest BCUT2D eigenvalue weighted by atomic mass is 10.4. The van der Waals surface area contributed by atoms with Gasteiger partial charge in [-0.15, -0.1) is 10.2 Å². The van der Waals surface area contributed by atoms with Gasteiger partial charge in [0.15, 0.2) is 10.4 Å². The van der Waals surface area contributed by atoms with Crippen LogP contribution in [0.5, 0.6) is 0 Å². The fourth-order valence-electron chi connectivity index (χ4n) is 1.08. The van der Waals surface area contributed by atoms with Crippen molar-refractivity contribution in [1.82, 2.24) is 10.2 Å². The second kappa shape index (κ2) is 5.39. The van der Waals surface area contributed by atoms with Crippen molar-refractivity contribution in [3.8, 4) is 0 Å². The second-order valence-electron chi connectivity index (χ2n) is 2.99. The van der Waals surface area contributed by atoms with Gasteiger partial charge in [-0.25, -0.2) is 0 Å². The third-order valence-electron chi connectivity index (χ3n) is 1.75. The first kappa shape index (κ1) is 12.2. The predicted octanol–water partition coefficient (Wildman–Crippen LogP) is 2.29. The summed E-state index contributed by atoms with van der Waals surface area (Å²) in [5.74, 6) is -0.156. The molecule has 1 N–H and O–H groups in total. The van der Waals surface area contributed by atoms with Crippen LogP contribution in [0.1, 0.15) is 15.6 Å². The van der Waals surface area contributed by atoms with Crippen molar-refractivity contribution >= 4 is 38.3 Å². The normalized spacial score (nSPS) is 10.5. The second-order valence-corrected chi connectivity index (χ2v) is 4.84. The van der Waals surface area contributed by atoms with Crippen LogP contribution < -0.4 is 5.32 Å². The Bertz CT molecular complexity index is 525. The number of halogens is 1. The lowest BCUT2D eigenvalue weighted by Crippen LogP contribution is -2.10. The maximum atomic E-state index is 11.7. The van der Waals surface area contributed by atoms with Gasteiger partial charge in [0.1, 0.15) is 11.6 Å². The molecule has 0 aliphatic carbocycles. The summed E-state index contributed by atoms with van der Waals surface area (Å²) in [5.41, 5.74) is 0. The highest BCUT2D eigenvalue weighted by Crippen LogP contribution is 2.18. The molecule has 6 nitrogen and oxygen atoms in total. The van der Waals surface area contributed by atoms with Gasteiger partial charge in [-0.05, 0) is 28.1 Å². The number of carbonyl (C=O) groups is 1. The van der Waals surface area contributed by atoms with E-state index in [4.69, 9.17) is 9.15 Å². The number of ether oxygens (including phenoxy) is 1. The number of hydrogen-bond donors (Lipinski definition) is 1. The summed E-state index contributed by atoms with van der Waals surface area (Å²) < 4.78 is 10.5. The fourth-order valence-corrected chi connectivity index (χ4v) is 2.09. The van der Waals surface area contributed by atoms with Gasteiger partial charge in [-0.3, -0.25) is 10.1 Å². The first-order chi connectivity index (χ1) is 8.19. The lowest BCUT2D eigenvalue weighted by Gasteiger charge is -1.95. The number of hydrogen-bond acceptors (Lipinski definition) is 6. The Labute approximate surface area is 109 Å². The summed E-state index contributed by atoms with van der Waals surface area (Å²) in [6.45, 7) is 0.375. The number of amides is 1. The molecule has 2 heterocycles. The number of nitrogens with one attached hydrogen (secondary N) is 1. The minimum atomic E-state index is -0.365. The predicted molar refractivity (Wildman–Crippen MR) is 65.0 cm³/mol. The molecule has 1 amide bonds. The average molecular weight is 318 g/mol. The highest BCUT2D eigenvalue weighted by atomic mass is 79.9. The molecular weight excluding hydrogens is 310 g/mol. The molecule has 0 aromatic carbocycles.